The van der Waals surface area contributed by atoms with E-state index in [0.29, 0.717) is 28.6 Å². The van der Waals surface area contributed by atoms with Gasteiger partial charge in [0.2, 0.25) is 0 Å². The van der Waals surface area contributed by atoms with E-state index in [1.54, 1.807) is 36.6 Å². The predicted molar refractivity (Wildman–Crippen MR) is 125 cm³/mol. The molecule has 1 amide bonds. The molecule has 3 aromatic rings. The monoisotopic (exact) mass is 460 g/mol. The Labute approximate surface area is 190 Å². The summed E-state index contributed by atoms with van der Waals surface area (Å²) in [5, 5.41) is 4.70. The predicted octanol–water partition coefficient (Wildman–Crippen LogP) is 3.52. The largest absolute Gasteiger partial charge is 0.493 e. The molecule has 0 unspecified atom stereocenters. The number of rotatable bonds is 7. The summed E-state index contributed by atoms with van der Waals surface area (Å²) in [5.41, 5.74) is 1.35. The summed E-state index contributed by atoms with van der Waals surface area (Å²) < 4.78 is 11.7. The molecule has 7 nitrogen and oxygen atoms in total. The van der Waals surface area contributed by atoms with Gasteiger partial charge in [-0.25, -0.2) is 4.98 Å². The zero-order valence-corrected chi connectivity index (χ0v) is 19.1. The molecule has 1 aromatic heterocycles. The van der Waals surface area contributed by atoms with Gasteiger partial charge in [-0.3, -0.25) is 9.69 Å². The van der Waals surface area contributed by atoms with Crippen molar-refractivity contribution in [3.8, 4) is 11.5 Å². The second-order valence-corrected chi connectivity index (χ2v) is 8.62. The molecule has 0 saturated carbocycles. The van der Waals surface area contributed by atoms with Crippen LogP contribution in [0.4, 0.5) is 5.13 Å². The number of nitrogens with zero attached hydrogens (tertiary/aromatic N) is 3. The lowest BCUT2D eigenvalue weighted by atomic mass is 10.1. The van der Waals surface area contributed by atoms with Gasteiger partial charge in [-0.1, -0.05) is 35.1 Å². The van der Waals surface area contributed by atoms with Crippen LogP contribution >= 0.6 is 22.9 Å². The normalized spacial score (nSPS) is 14.6. The quantitative estimate of drug-likeness (QED) is 0.582. The van der Waals surface area contributed by atoms with E-state index in [1.807, 2.05) is 12.1 Å². The molecule has 31 heavy (non-hydrogen) atoms. The molecule has 0 radical (unpaired) electrons. The van der Waals surface area contributed by atoms with Gasteiger partial charge in [0.25, 0.3) is 5.91 Å². The van der Waals surface area contributed by atoms with Crippen LogP contribution in [0.25, 0.3) is 10.2 Å². The molecule has 0 atom stereocenters. The molecule has 1 aliphatic rings. The molecule has 1 saturated heterocycles. The molecular weight excluding hydrogens is 436 g/mol. The minimum atomic E-state index is -0.166. The molecule has 1 aliphatic heterocycles. The Bertz CT molecular complexity index is 1070. The highest BCUT2D eigenvalue weighted by atomic mass is 35.5. The van der Waals surface area contributed by atoms with E-state index < -0.39 is 0 Å². The highest BCUT2D eigenvalue weighted by Crippen LogP contribution is 2.33. The molecule has 0 spiro atoms. The molecule has 1 fully saturated rings. The minimum absolute atomic E-state index is 0.166. The molecule has 9 heteroatoms. The van der Waals surface area contributed by atoms with Crippen molar-refractivity contribution in [2.24, 2.45) is 0 Å². The first kappa shape index (κ1) is 21.7. The third kappa shape index (κ3) is 4.71. The number of benzene rings is 2. The number of para-hydroxylation sites is 2. The lowest BCUT2D eigenvalue weighted by Crippen LogP contribution is -2.48. The Hall–Kier alpha value is -2.55. The van der Waals surface area contributed by atoms with Crippen molar-refractivity contribution in [2.75, 3.05) is 58.4 Å². The van der Waals surface area contributed by atoms with Gasteiger partial charge in [-0.05, 0) is 24.3 Å². The van der Waals surface area contributed by atoms with Crippen LogP contribution in [0.15, 0.2) is 36.4 Å². The lowest BCUT2D eigenvalue weighted by molar-refractivity contribution is 0.0944. The van der Waals surface area contributed by atoms with Crippen molar-refractivity contribution in [3.63, 3.8) is 0 Å². The number of amides is 1. The van der Waals surface area contributed by atoms with Gasteiger partial charge in [-0.2, -0.15) is 0 Å². The Morgan fingerprint density at radius 1 is 1.13 bits per heavy atom. The van der Waals surface area contributed by atoms with Crippen molar-refractivity contribution in [3.05, 3.63) is 47.0 Å². The maximum atomic E-state index is 12.6. The van der Waals surface area contributed by atoms with E-state index >= 15 is 0 Å². The number of nitrogens with one attached hydrogen (secondary N) is 1. The first-order valence-electron chi connectivity index (χ1n) is 10.1. The number of anilines is 1. The average molecular weight is 461 g/mol. The summed E-state index contributed by atoms with van der Waals surface area (Å²) in [4.78, 5) is 22.0. The van der Waals surface area contributed by atoms with E-state index in [2.05, 4.69) is 21.2 Å². The standard InChI is InChI=1S/C22H25ClN4O3S/c1-29-17-7-3-5-15(20(17)30-2)21(28)24-9-10-26-11-13-27(14-12-26)22-25-19-16(23)6-4-8-18(19)31-22/h3-8H,9-14H2,1-2H3,(H,24,28). The van der Waals surface area contributed by atoms with E-state index in [0.717, 1.165) is 48.1 Å². The molecule has 164 valence electrons. The third-order valence-electron chi connectivity index (χ3n) is 5.36. The molecule has 2 heterocycles. The van der Waals surface area contributed by atoms with Crippen molar-refractivity contribution >= 4 is 44.2 Å². The van der Waals surface area contributed by atoms with E-state index in [-0.39, 0.29) is 5.91 Å². The van der Waals surface area contributed by atoms with Crippen molar-refractivity contribution in [1.82, 2.24) is 15.2 Å². The number of aromatic nitrogens is 1. The van der Waals surface area contributed by atoms with Crippen LogP contribution in [0.1, 0.15) is 10.4 Å². The van der Waals surface area contributed by atoms with Crippen LogP contribution in [0, 0.1) is 0 Å². The van der Waals surface area contributed by atoms with Crippen LogP contribution in [0.3, 0.4) is 0 Å². The fourth-order valence-corrected chi connectivity index (χ4v) is 5.01. The maximum Gasteiger partial charge on any atom is 0.255 e. The van der Waals surface area contributed by atoms with Crippen LogP contribution in [-0.4, -0.2) is 69.3 Å². The van der Waals surface area contributed by atoms with Crippen LogP contribution < -0.4 is 19.7 Å². The number of carbonyl (C=O) groups is 1. The number of ether oxygens (including phenoxy) is 2. The van der Waals surface area contributed by atoms with E-state index in [4.69, 9.17) is 26.1 Å². The highest BCUT2D eigenvalue weighted by Gasteiger charge is 2.21. The fraction of sp³-hybridized carbons (Fsp3) is 0.364. The summed E-state index contributed by atoms with van der Waals surface area (Å²) in [6, 6.07) is 11.2. The molecule has 2 aromatic carbocycles. The summed E-state index contributed by atoms with van der Waals surface area (Å²) in [7, 11) is 3.09. The van der Waals surface area contributed by atoms with E-state index in [9.17, 15) is 4.79 Å². The zero-order valence-electron chi connectivity index (χ0n) is 17.6. The Balaban J connectivity index is 1.28. The van der Waals surface area contributed by atoms with Gasteiger partial charge in [0.1, 0.15) is 5.52 Å². The SMILES string of the molecule is COc1cccc(C(=O)NCCN2CCN(c3nc4c(Cl)cccc4s3)CC2)c1OC. The second kappa shape index (κ2) is 9.72. The van der Waals surface area contributed by atoms with Gasteiger partial charge < -0.3 is 19.7 Å². The Morgan fingerprint density at radius 2 is 1.90 bits per heavy atom. The van der Waals surface area contributed by atoms with Crippen molar-refractivity contribution < 1.29 is 14.3 Å². The number of thiazole rings is 1. The number of halogens is 1. The smallest absolute Gasteiger partial charge is 0.255 e. The maximum absolute atomic E-state index is 12.6. The Kier molecular flexibility index (Phi) is 6.80. The number of piperazine rings is 1. The van der Waals surface area contributed by atoms with Gasteiger partial charge in [-0.15, -0.1) is 0 Å². The molecule has 1 N–H and O–H groups in total. The topological polar surface area (TPSA) is 66.9 Å². The first-order valence-corrected chi connectivity index (χ1v) is 11.3. The van der Waals surface area contributed by atoms with Crippen molar-refractivity contribution in [2.45, 2.75) is 0 Å². The zero-order chi connectivity index (χ0) is 21.8. The molecule has 4 rings (SSSR count). The fourth-order valence-electron chi connectivity index (χ4n) is 3.69. The lowest BCUT2D eigenvalue weighted by Gasteiger charge is -2.34. The molecule has 0 aliphatic carbocycles. The summed E-state index contributed by atoms with van der Waals surface area (Å²) >= 11 is 7.94. The molecular formula is C22H25ClN4O3S. The van der Waals surface area contributed by atoms with Crippen LogP contribution in [-0.2, 0) is 0 Å². The summed E-state index contributed by atoms with van der Waals surface area (Å²) in [5.74, 6) is 0.829. The van der Waals surface area contributed by atoms with Crippen molar-refractivity contribution in [1.29, 1.82) is 0 Å². The summed E-state index contributed by atoms with van der Waals surface area (Å²) in [6.07, 6.45) is 0. The van der Waals surface area contributed by atoms with E-state index in [1.165, 1.54) is 7.11 Å². The second-order valence-electron chi connectivity index (χ2n) is 7.21. The Morgan fingerprint density at radius 3 is 2.61 bits per heavy atom. The highest BCUT2D eigenvalue weighted by molar-refractivity contribution is 7.22. The average Bonchev–Trinajstić information content (AvgIpc) is 3.24. The number of carbonyl (C=O) groups excluding carboxylic acids is 1. The number of fused-ring (bicyclic) bond motifs is 1. The summed E-state index contributed by atoms with van der Waals surface area (Å²) in [6.45, 7) is 4.99. The van der Waals surface area contributed by atoms with Crippen LogP contribution in [0.5, 0.6) is 11.5 Å². The minimum Gasteiger partial charge on any atom is -0.493 e. The van der Waals surface area contributed by atoms with Gasteiger partial charge in [0.15, 0.2) is 16.6 Å². The van der Waals surface area contributed by atoms with Gasteiger partial charge in [0.05, 0.1) is 29.5 Å². The number of hydrogen-bond acceptors (Lipinski definition) is 7. The van der Waals surface area contributed by atoms with Crippen LogP contribution in [0.2, 0.25) is 5.02 Å². The third-order valence-corrected chi connectivity index (χ3v) is 6.75. The molecule has 0 bridgehead atoms. The first-order chi connectivity index (χ1) is 15.1. The van der Waals surface area contributed by atoms with Gasteiger partial charge >= 0.3 is 0 Å². The number of hydrogen-bond donors (Lipinski definition) is 1. The number of methoxy groups -OCH3 is 2. The van der Waals surface area contributed by atoms with Gasteiger partial charge in [0, 0.05) is 39.3 Å².